The molecule has 1 amide bonds. The molecule has 26 heavy (non-hydrogen) atoms. The Labute approximate surface area is 155 Å². The Balaban J connectivity index is 1.33. The van der Waals surface area contributed by atoms with Gasteiger partial charge in [-0.05, 0) is 44.4 Å². The zero-order chi connectivity index (χ0) is 17.9. The molecule has 3 saturated heterocycles. The fourth-order valence-corrected chi connectivity index (χ4v) is 4.66. The minimum Gasteiger partial charge on any atom is -0.468 e. The van der Waals surface area contributed by atoms with Gasteiger partial charge in [-0.1, -0.05) is 0 Å². The summed E-state index contributed by atoms with van der Waals surface area (Å²) in [6.07, 6.45) is 4.72. The molecule has 4 heterocycles. The Bertz CT molecular complexity index is 585. The second-order valence-electron chi connectivity index (χ2n) is 8.03. The van der Waals surface area contributed by atoms with E-state index in [-0.39, 0.29) is 12.0 Å². The van der Waals surface area contributed by atoms with Gasteiger partial charge in [-0.3, -0.25) is 9.69 Å². The molecule has 0 unspecified atom stereocenters. The Morgan fingerprint density at radius 1 is 1.31 bits per heavy atom. The Hall–Kier alpha value is -1.37. The Morgan fingerprint density at radius 3 is 2.92 bits per heavy atom. The van der Waals surface area contributed by atoms with E-state index in [1.54, 1.807) is 6.26 Å². The quantitative estimate of drug-likeness (QED) is 0.802. The van der Waals surface area contributed by atoms with E-state index in [9.17, 15) is 4.79 Å². The van der Waals surface area contributed by atoms with Gasteiger partial charge >= 0.3 is 0 Å². The summed E-state index contributed by atoms with van der Waals surface area (Å²) >= 11 is 0. The van der Waals surface area contributed by atoms with Crippen LogP contribution in [0.4, 0.5) is 0 Å². The number of likely N-dealkylation sites (tertiary alicyclic amines) is 1. The summed E-state index contributed by atoms with van der Waals surface area (Å²) in [6, 6.07) is 3.93. The first-order valence-electron chi connectivity index (χ1n) is 9.90. The lowest BCUT2D eigenvalue weighted by Crippen LogP contribution is -2.49. The molecule has 3 fully saturated rings. The van der Waals surface area contributed by atoms with E-state index in [0.29, 0.717) is 17.7 Å². The third kappa shape index (κ3) is 3.97. The van der Waals surface area contributed by atoms with Crippen LogP contribution < -0.4 is 0 Å². The standard InChI is InChI=1S/C20H30N2O4/c1-21(11-17-3-2-8-25-17)13-19-18-12-22(7-4-16(18)14-26-19)20(23)15-5-9-24-10-6-15/h2-3,8,15-16,18-19H,4-7,9-14H2,1H3/t16-,18-,19+/m1/s1. The molecule has 144 valence electrons. The van der Waals surface area contributed by atoms with Crippen LogP contribution in [-0.4, -0.2) is 68.3 Å². The number of nitrogens with zero attached hydrogens (tertiary/aromatic N) is 2. The maximum Gasteiger partial charge on any atom is 0.225 e. The summed E-state index contributed by atoms with van der Waals surface area (Å²) in [5.41, 5.74) is 0. The van der Waals surface area contributed by atoms with Crippen molar-refractivity contribution in [2.24, 2.45) is 17.8 Å². The predicted molar refractivity (Wildman–Crippen MR) is 96.5 cm³/mol. The number of hydrogen-bond acceptors (Lipinski definition) is 5. The van der Waals surface area contributed by atoms with Crippen LogP contribution in [0.15, 0.2) is 22.8 Å². The zero-order valence-corrected chi connectivity index (χ0v) is 15.6. The molecule has 0 spiro atoms. The maximum atomic E-state index is 12.9. The van der Waals surface area contributed by atoms with Gasteiger partial charge < -0.3 is 18.8 Å². The average molecular weight is 362 g/mol. The van der Waals surface area contributed by atoms with Crippen LogP contribution in [0, 0.1) is 17.8 Å². The van der Waals surface area contributed by atoms with E-state index in [4.69, 9.17) is 13.9 Å². The summed E-state index contributed by atoms with van der Waals surface area (Å²) in [4.78, 5) is 17.2. The summed E-state index contributed by atoms with van der Waals surface area (Å²) in [6.45, 7) is 5.67. The minimum atomic E-state index is 0.155. The third-order valence-corrected chi connectivity index (χ3v) is 6.19. The van der Waals surface area contributed by atoms with Crippen LogP contribution in [0.2, 0.25) is 0 Å². The number of rotatable bonds is 5. The van der Waals surface area contributed by atoms with Crippen molar-refractivity contribution in [2.75, 3.05) is 46.5 Å². The fourth-order valence-electron chi connectivity index (χ4n) is 4.66. The van der Waals surface area contributed by atoms with Crippen molar-refractivity contribution >= 4 is 5.91 Å². The molecule has 0 aromatic carbocycles. The van der Waals surface area contributed by atoms with Gasteiger partial charge in [0, 0.05) is 44.7 Å². The number of fused-ring (bicyclic) bond motifs is 1. The van der Waals surface area contributed by atoms with Crippen molar-refractivity contribution in [3.63, 3.8) is 0 Å². The molecule has 1 aromatic rings. The normalized spacial score (nSPS) is 29.9. The monoisotopic (exact) mass is 362 g/mol. The van der Waals surface area contributed by atoms with Crippen LogP contribution in [0.1, 0.15) is 25.0 Å². The molecule has 4 rings (SSSR count). The van der Waals surface area contributed by atoms with Crippen molar-refractivity contribution in [3.8, 4) is 0 Å². The van der Waals surface area contributed by atoms with E-state index in [1.165, 1.54) is 0 Å². The molecular formula is C20H30N2O4. The predicted octanol–water partition coefficient (Wildman–Crippen LogP) is 2.00. The van der Waals surface area contributed by atoms with Crippen LogP contribution in [0.25, 0.3) is 0 Å². The number of carbonyl (C=O) groups is 1. The minimum absolute atomic E-state index is 0.155. The second-order valence-corrected chi connectivity index (χ2v) is 8.03. The van der Waals surface area contributed by atoms with Gasteiger partial charge in [-0.2, -0.15) is 0 Å². The highest BCUT2D eigenvalue weighted by atomic mass is 16.5. The molecule has 3 atom stereocenters. The summed E-state index contributed by atoms with van der Waals surface area (Å²) in [5.74, 6) is 2.51. The molecule has 0 saturated carbocycles. The van der Waals surface area contributed by atoms with Crippen molar-refractivity contribution in [1.82, 2.24) is 9.80 Å². The number of likely N-dealkylation sites (N-methyl/N-ethyl adjacent to an activating group) is 1. The molecule has 0 aliphatic carbocycles. The van der Waals surface area contributed by atoms with Gasteiger partial charge in [0.1, 0.15) is 5.76 Å². The molecule has 0 radical (unpaired) electrons. The topological polar surface area (TPSA) is 55.2 Å². The van der Waals surface area contributed by atoms with Gasteiger partial charge in [0.2, 0.25) is 5.91 Å². The molecular weight excluding hydrogens is 332 g/mol. The van der Waals surface area contributed by atoms with Gasteiger partial charge in [-0.25, -0.2) is 0 Å². The SMILES string of the molecule is CN(Cc1ccco1)C[C@@H]1OC[C@H]2CCN(C(=O)C3CCOCC3)C[C@H]21. The van der Waals surface area contributed by atoms with Crippen molar-refractivity contribution in [3.05, 3.63) is 24.2 Å². The van der Waals surface area contributed by atoms with E-state index in [0.717, 1.165) is 71.0 Å². The molecule has 0 bridgehead atoms. The third-order valence-electron chi connectivity index (χ3n) is 6.19. The van der Waals surface area contributed by atoms with Gasteiger partial charge in [-0.15, -0.1) is 0 Å². The smallest absolute Gasteiger partial charge is 0.225 e. The van der Waals surface area contributed by atoms with E-state index in [2.05, 4.69) is 16.8 Å². The largest absolute Gasteiger partial charge is 0.468 e. The zero-order valence-electron chi connectivity index (χ0n) is 15.6. The lowest BCUT2D eigenvalue weighted by molar-refractivity contribution is -0.141. The number of hydrogen-bond donors (Lipinski definition) is 0. The lowest BCUT2D eigenvalue weighted by Gasteiger charge is -2.38. The number of piperidine rings is 1. The van der Waals surface area contributed by atoms with Crippen molar-refractivity contribution < 1.29 is 18.7 Å². The van der Waals surface area contributed by atoms with Crippen LogP contribution in [0.3, 0.4) is 0 Å². The highest BCUT2D eigenvalue weighted by molar-refractivity contribution is 5.79. The number of ether oxygens (including phenoxy) is 2. The summed E-state index contributed by atoms with van der Waals surface area (Å²) in [5, 5.41) is 0. The lowest BCUT2D eigenvalue weighted by atomic mass is 9.83. The molecule has 6 heteroatoms. The van der Waals surface area contributed by atoms with E-state index in [1.807, 2.05) is 12.1 Å². The fraction of sp³-hybridized carbons (Fsp3) is 0.750. The number of amides is 1. The van der Waals surface area contributed by atoms with Crippen LogP contribution >= 0.6 is 0 Å². The molecule has 3 aliphatic heterocycles. The van der Waals surface area contributed by atoms with Crippen molar-refractivity contribution in [1.29, 1.82) is 0 Å². The molecule has 1 aromatic heterocycles. The molecule has 0 N–H and O–H groups in total. The summed E-state index contributed by atoms with van der Waals surface area (Å²) < 4.78 is 17.0. The Kier molecular flexibility index (Phi) is 5.62. The van der Waals surface area contributed by atoms with Gasteiger partial charge in [0.15, 0.2) is 0 Å². The number of carbonyl (C=O) groups excluding carboxylic acids is 1. The van der Waals surface area contributed by atoms with Gasteiger partial charge in [0.25, 0.3) is 0 Å². The maximum absolute atomic E-state index is 12.9. The first-order chi connectivity index (χ1) is 12.7. The van der Waals surface area contributed by atoms with E-state index >= 15 is 0 Å². The summed E-state index contributed by atoms with van der Waals surface area (Å²) in [7, 11) is 2.10. The highest BCUT2D eigenvalue weighted by Gasteiger charge is 2.43. The average Bonchev–Trinajstić information content (AvgIpc) is 3.31. The van der Waals surface area contributed by atoms with Crippen LogP contribution in [-0.2, 0) is 20.8 Å². The number of furan rings is 1. The Morgan fingerprint density at radius 2 is 2.15 bits per heavy atom. The van der Waals surface area contributed by atoms with Crippen molar-refractivity contribution in [2.45, 2.75) is 31.9 Å². The van der Waals surface area contributed by atoms with Crippen LogP contribution in [0.5, 0.6) is 0 Å². The second kappa shape index (κ2) is 8.11. The van der Waals surface area contributed by atoms with Gasteiger partial charge in [0.05, 0.1) is 25.5 Å². The first kappa shape index (κ1) is 18.0. The highest BCUT2D eigenvalue weighted by Crippen LogP contribution is 2.35. The first-order valence-corrected chi connectivity index (χ1v) is 9.90. The molecule has 6 nitrogen and oxygen atoms in total. The molecule has 3 aliphatic rings. The van der Waals surface area contributed by atoms with E-state index < -0.39 is 0 Å².